The predicted octanol–water partition coefficient (Wildman–Crippen LogP) is 3.05. The third kappa shape index (κ3) is 3.20. The van der Waals surface area contributed by atoms with Gasteiger partial charge in [0.05, 0.1) is 17.3 Å². The van der Waals surface area contributed by atoms with Crippen LogP contribution >= 0.6 is 27.5 Å². The van der Waals surface area contributed by atoms with Gasteiger partial charge in [0, 0.05) is 22.8 Å². The van der Waals surface area contributed by atoms with Crippen LogP contribution in [0.25, 0.3) is 0 Å². The average Bonchev–Trinajstić information content (AvgIpc) is 2.38. The number of aromatic nitrogens is 1. The molecule has 7 heteroatoms. The van der Waals surface area contributed by atoms with E-state index in [9.17, 15) is 9.59 Å². The van der Waals surface area contributed by atoms with Gasteiger partial charge in [0.25, 0.3) is 5.91 Å². The molecule has 0 bridgehead atoms. The summed E-state index contributed by atoms with van der Waals surface area (Å²) in [4.78, 5) is 25.7. The Bertz CT molecular complexity index is 715. The molecular formula is C13H10BrClN2O3. The number of carbonyl (C=O) groups is 1. The Hall–Kier alpha value is -1.79. The number of ether oxygens (including phenoxy) is 1. The topological polar surface area (TPSA) is 71.2 Å². The zero-order chi connectivity index (χ0) is 14.7. The van der Waals surface area contributed by atoms with Crippen LogP contribution in [0, 0.1) is 0 Å². The fourth-order valence-electron chi connectivity index (χ4n) is 1.64. The molecular weight excluding hydrogens is 348 g/mol. The van der Waals surface area contributed by atoms with Crippen molar-refractivity contribution in [3.05, 3.63) is 55.9 Å². The van der Waals surface area contributed by atoms with Gasteiger partial charge in [-0.15, -0.1) is 0 Å². The van der Waals surface area contributed by atoms with E-state index in [1.165, 1.54) is 25.4 Å². The third-order valence-corrected chi connectivity index (χ3v) is 3.31. The first-order valence-electron chi connectivity index (χ1n) is 5.54. The summed E-state index contributed by atoms with van der Waals surface area (Å²) < 4.78 is 5.82. The van der Waals surface area contributed by atoms with Gasteiger partial charge >= 0.3 is 0 Å². The van der Waals surface area contributed by atoms with Crippen LogP contribution < -0.4 is 15.6 Å². The van der Waals surface area contributed by atoms with Gasteiger partial charge in [-0.05, 0) is 34.1 Å². The molecule has 2 aromatic rings. The molecule has 0 fully saturated rings. The van der Waals surface area contributed by atoms with E-state index in [1.54, 1.807) is 12.1 Å². The van der Waals surface area contributed by atoms with Crippen molar-refractivity contribution in [2.75, 3.05) is 12.4 Å². The third-order valence-electron chi connectivity index (χ3n) is 2.50. The molecule has 0 aliphatic carbocycles. The molecule has 0 atom stereocenters. The summed E-state index contributed by atoms with van der Waals surface area (Å²) in [6, 6.07) is 5.93. The summed E-state index contributed by atoms with van der Waals surface area (Å²) in [5.41, 5.74) is 0.306. The van der Waals surface area contributed by atoms with Crippen LogP contribution in [0.1, 0.15) is 10.4 Å². The highest BCUT2D eigenvalue weighted by molar-refractivity contribution is 9.10. The number of amides is 1. The maximum Gasteiger partial charge on any atom is 0.256 e. The smallest absolute Gasteiger partial charge is 0.256 e. The molecule has 1 heterocycles. The van der Waals surface area contributed by atoms with E-state index in [0.29, 0.717) is 20.9 Å². The van der Waals surface area contributed by atoms with Crippen LogP contribution in [0.15, 0.2) is 39.7 Å². The molecule has 2 rings (SSSR count). The molecule has 0 aliphatic rings. The van der Waals surface area contributed by atoms with Gasteiger partial charge in [-0.1, -0.05) is 11.6 Å². The minimum absolute atomic E-state index is 0.243. The number of anilines is 1. The van der Waals surface area contributed by atoms with E-state index in [-0.39, 0.29) is 11.1 Å². The van der Waals surface area contributed by atoms with Crippen LogP contribution in [-0.4, -0.2) is 18.0 Å². The molecule has 0 aliphatic heterocycles. The number of hydrogen-bond acceptors (Lipinski definition) is 3. The summed E-state index contributed by atoms with van der Waals surface area (Å²) in [7, 11) is 1.48. The lowest BCUT2D eigenvalue weighted by Gasteiger charge is -2.12. The van der Waals surface area contributed by atoms with Crippen LogP contribution in [0.4, 0.5) is 5.69 Å². The fourth-order valence-corrected chi connectivity index (χ4v) is 2.61. The number of carbonyl (C=O) groups excluding carboxylic acids is 1. The standard InChI is InChI=1S/C13H10BrClN2O3/c1-20-12-9(14)5-8(15)6-10(12)17-13(19)7-2-3-16-11(18)4-7/h2-6H,1H3,(H,16,18)(H,17,19). The van der Waals surface area contributed by atoms with Gasteiger partial charge in [-0.2, -0.15) is 0 Å². The normalized spacial score (nSPS) is 10.2. The summed E-state index contributed by atoms with van der Waals surface area (Å²) in [6.07, 6.45) is 1.41. The SMILES string of the molecule is COc1c(Br)cc(Cl)cc1NC(=O)c1cc[nH]c(=O)c1. The largest absolute Gasteiger partial charge is 0.493 e. The first kappa shape index (κ1) is 14.6. The average molecular weight is 358 g/mol. The Labute approximate surface area is 128 Å². The number of hydrogen-bond donors (Lipinski definition) is 2. The van der Waals surface area contributed by atoms with Gasteiger partial charge in [0.15, 0.2) is 5.75 Å². The Kier molecular flexibility index (Phi) is 4.46. The molecule has 20 heavy (non-hydrogen) atoms. The molecule has 2 N–H and O–H groups in total. The molecule has 0 saturated heterocycles. The highest BCUT2D eigenvalue weighted by Crippen LogP contribution is 2.36. The van der Waals surface area contributed by atoms with Crippen molar-refractivity contribution in [1.29, 1.82) is 0 Å². The number of benzene rings is 1. The number of pyridine rings is 1. The van der Waals surface area contributed by atoms with Crippen LogP contribution in [0.5, 0.6) is 5.75 Å². The molecule has 0 unspecified atom stereocenters. The van der Waals surface area contributed by atoms with E-state index in [0.717, 1.165) is 0 Å². The number of H-pyrrole nitrogens is 1. The van der Waals surface area contributed by atoms with Gasteiger partial charge in [0.1, 0.15) is 0 Å². The Morgan fingerprint density at radius 3 is 2.80 bits per heavy atom. The molecule has 1 amide bonds. The maximum atomic E-state index is 12.1. The Balaban J connectivity index is 2.35. The minimum Gasteiger partial charge on any atom is -0.493 e. The number of rotatable bonds is 3. The molecule has 5 nitrogen and oxygen atoms in total. The summed E-state index contributed by atoms with van der Waals surface area (Å²) in [6.45, 7) is 0. The van der Waals surface area contributed by atoms with Gasteiger partial charge < -0.3 is 15.0 Å². The molecule has 0 spiro atoms. The lowest BCUT2D eigenvalue weighted by molar-refractivity contribution is 0.102. The Morgan fingerprint density at radius 1 is 1.40 bits per heavy atom. The summed E-state index contributed by atoms with van der Waals surface area (Å²) in [5.74, 6) is 0.0242. The summed E-state index contributed by atoms with van der Waals surface area (Å²) >= 11 is 9.24. The van der Waals surface area contributed by atoms with Gasteiger partial charge in [-0.25, -0.2) is 0 Å². The van der Waals surface area contributed by atoms with Crippen molar-refractivity contribution >= 4 is 39.1 Å². The quantitative estimate of drug-likeness (QED) is 0.887. The number of nitrogens with one attached hydrogen (secondary N) is 2. The first-order valence-corrected chi connectivity index (χ1v) is 6.71. The van der Waals surface area contributed by atoms with Crippen molar-refractivity contribution in [2.45, 2.75) is 0 Å². The highest BCUT2D eigenvalue weighted by atomic mass is 79.9. The van der Waals surface area contributed by atoms with Crippen molar-refractivity contribution in [1.82, 2.24) is 4.98 Å². The molecule has 104 valence electrons. The van der Waals surface area contributed by atoms with E-state index >= 15 is 0 Å². The zero-order valence-corrected chi connectivity index (χ0v) is 12.7. The van der Waals surface area contributed by atoms with E-state index in [2.05, 4.69) is 26.2 Å². The molecule has 1 aromatic heterocycles. The van der Waals surface area contributed by atoms with Gasteiger partial charge in [0.2, 0.25) is 5.56 Å². The van der Waals surface area contributed by atoms with Crippen molar-refractivity contribution in [3.8, 4) is 5.75 Å². The first-order chi connectivity index (χ1) is 9.51. The maximum absolute atomic E-state index is 12.1. The van der Waals surface area contributed by atoms with Crippen LogP contribution in [0.3, 0.4) is 0 Å². The molecule has 1 aromatic carbocycles. The zero-order valence-electron chi connectivity index (χ0n) is 10.4. The second-order valence-corrected chi connectivity index (χ2v) is 5.15. The second-order valence-electron chi connectivity index (χ2n) is 3.86. The lowest BCUT2D eigenvalue weighted by Crippen LogP contribution is -2.16. The highest BCUT2D eigenvalue weighted by Gasteiger charge is 2.13. The number of aromatic amines is 1. The number of methoxy groups -OCH3 is 1. The minimum atomic E-state index is -0.427. The Morgan fingerprint density at radius 2 is 2.15 bits per heavy atom. The van der Waals surface area contributed by atoms with Crippen molar-refractivity contribution in [3.63, 3.8) is 0 Å². The molecule has 0 saturated carbocycles. The van der Waals surface area contributed by atoms with Crippen LogP contribution in [-0.2, 0) is 0 Å². The molecule has 0 radical (unpaired) electrons. The lowest BCUT2D eigenvalue weighted by atomic mass is 10.2. The summed E-state index contributed by atoms with van der Waals surface area (Å²) in [5, 5.41) is 3.10. The van der Waals surface area contributed by atoms with Crippen LogP contribution in [0.2, 0.25) is 5.02 Å². The van der Waals surface area contributed by atoms with Gasteiger partial charge in [-0.3, -0.25) is 9.59 Å². The monoisotopic (exact) mass is 356 g/mol. The fraction of sp³-hybridized carbons (Fsp3) is 0.0769. The van der Waals surface area contributed by atoms with E-state index in [4.69, 9.17) is 16.3 Å². The van der Waals surface area contributed by atoms with E-state index < -0.39 is 5.91 Å². The second kappa shape index (κ2) is 6.11. The van der Waals surface area contributed by atoms with Crippen molar-refractivity contribution in [2.24, 2.45) is 0 Å². The van der Waals surface area contributed by atoms with Crippen molar-refractivity contribution < 1.29 is 9.53 Å². The van der Waals surface area contributed by atoms with E-state index in [1.807, 2.05) is 0 Å². The predicted molar refractivity (Wildman–Crippen MR) is 80.7 cm³/mol. The number of halogens is 2.